The van der Waals surface area contributed by atoms with Crippen molar-refractivity contribution in [2.75, 3.05) is 13.2 Å². The van der Waals surface area contributed by atoms with Crippen LogP contribution in [0, 0.1) is 6.92 Å². The molecule has 1 saturated carbocycles. The number of rotatable bonds is 3. The molecule has 0 bridgehead atoms. The van der Waals surface area contributed by atoms with Gasteiger partial charge in [0.05, 0.1) is 19.3 Å². The zero-order chi connectivity index (χ0) is 13.2. The summed E-state index contributed by atoms with van der Waals surface area (Å²) in [6, 6.07) is 2.69. The number of furan rings is 1. The second-order valence-corrected chi connectivity index (χ2v) is 5.73. The Morgan fingerprint density at radius 2 is 2.21 bits per heavy atom. The molecule has 4 nitrogen and oxygen atoms in total. The maximum atomic E-state index is 5.91. The Morgan fingerprint density at radius 3 is 3.00 bits per heavy atom. The van der Waals surface area contributed by atoms with Crippen molar-refractivity contribution in [1.29, 1.82) is 0 Å². The fraction of sp³-hybridized carbons (Fsp3) is 0.733. The maximum Gasteiger partial charge on any atom is 0.118 e. The molecule has 2 unspecified atom stereocenters. The van der Waals surface area contributed by atoms with Gasteiger partial charge in [-0.05, 0) is 25.8 Å². The van der Waals surface area contributed by atoms with Crippen LogP contribution in [0.3, 0.4) is 0 Å². The maximum absolute atomic E-state index is 5.91. The Hall–Kier alpha value is -0.840. The fourth-order valence-corrected chi connectivity index (χ4v) is 3.44. The zero-order valence-electron chi connectivity index (χ0n) is 11.7. The van der Waals surface area contributed by atoms with Crippen molar-refractivity contribution in [3.8, 4) is 0 Å². The number of morpholine rings is 1. The molecular formula is C15H24N2O2. The van der Waals surface area contributed by atoms with Gasteiger partial charge in [-0.2, -0.15) is 0 Å². The molecule has 0 spiro atoms. The third kappa shape index (κ3) is 2.71. The highest BCUT2D eigenvalue weighted by Crippen LogP contribution is 2.30. The van der Waals surface area contributed by atoms with Crippen LogP contribution >= 0.6 is 0 Å². The first-order chi connectivity index (χ1) is 9.28. The van der Waals surface area contributed by atoms with E-state index in [1.54, 1.807) is 0 Å². The van der Waals surface area contributed by atoms with Gasteiger partial charge in [0.15, 0.2) is 0 Å². The third-order valence-corrected chi connectivity index (χ3v) is 4.50. The molecule has 2 fully saturated rings. The standard InChI is InChI=1S/C15H24N2O2/c1-11-12(9-16)8-13(19-11)10-17-6-7-18-15-5-3-2-4-14(15)17/h8,14-15H,2-7,9-10,16H2,1H3. The molecule has 2 N–H and O–H groups in total. The Morgan fingerprint density at radius 1 is 1.37 bits per heavy atom. The molecule has 1 aliphatic heterocycles. The molecule has 19 heavy (non-hydrogen) atoms. The van der Waals surface area contributed by atoms with Crippen LogP contribution in [0.25, 0.3) is 0 Å². The molecule has 0 amide bonds. The molecule has 1 saturated heterocycles. The lowest BCUT2D eigenvalue weighted by Crippen LogP contribution is -2.52. The van der Waals surface area contributed by atoms with Crippen LogP contribution in [0.1, 0.15) is 42.8 Å². The summed E-state index contributed by atoms with van der Waals surface area (Å²) in [5.74, 6) is 2.01. The average Bonchev–Trinajstić information content (AvgIpc) is 2.79. The second kappa shape index (κ2) is 5.65. The Balaban J connectivity index is 1.70. The molecule has 1 aliphatic carbocycles. The molecule has 2 atom stereocenters. The van der Waals surface area contributed by atoms with Crippen molar-refractivity contribution in [3.63, 3.8) is 0 Å². The van der Waals surface area contributed by atoms with Crippen LogP contribution < -0.4 is 5.73 Å². The summed E-state index contributed by atoms with van der Waals surface area (Å²) >= 11 is 0. The van der Waals surface area contributed by atoms with Crippen LogP contribution in [0.5, 0.6) is 0 Å². The lowest BCUT2D eigenvalue weighted by Gasteiger charge is -2.43. The van der Waals surface area contributed by atoms with Gasteiger partial charge in [-0.3, -0.25) is 4.90 Å². The minimum atomic E-state index is 0.438. The minimum Gasteiger partial charge on any atom is -0.465 e. The number of hydrogen-bond donors (Lipinski definition) is 1. The zero-order valence-corrected chi connectivity index (χ0v) is 11.7. The van der Waals surface area contributed by atoms with Crippen molar-refractivity contribution < 1.29 is 9.15 Å². The summed E-state index contributed by atoms with van der Waals surface area (Å²) in [6.45, 7) is 5.31. The second-order valence-electron chi connectivity index (χ2n) is 5.73. The summed E-state index contributed by atoms with van der Waals surface area (Å²) in [7, 11) is 0. The van der Waals surface area contributed by atoms with Crippen LogP contribution in [0.15, 0.2) is 10.5 Å². The van der Waals surface area contributed by atoms with E-state index < -0.39 is 0 Å². The van der Waals surface area contributed by atoms with Crippen molar-refractivity contribution in [2.45, 2.75) is 57.8 Å². The highest BCUT2D eigenvalue weighted by molar-refractivity contribution is 5.20. The smallest absolute Gasteiger partial charge is 0.118 e. The number of aryl methyl sites for hydroxylation is 1. The average molecular weight is 264 g/mol. The third-order valence-electron chi connectivity index (χ3n) is 4.50. The number of nitrogens with zero attached hydrogens (tertiary/aromatic N) is 1. The van der Waals surface area contributed by atoms with Crippen molar-refractivity contribution >= 4 is 0 Å². The SMILES string of the molecule is Cc1oc(CN2CCOC3CCCCC32)cc1CN. The van der Waals surface area contributed by atoms with Gasteiger partial charge in [0.2, 0.25) is 0 Å². The summed E-state index contributed by atoms with van der Waals surface area (Å²) in [5.41, 5.74) is 6.84. The number of ether oxygens (including phenoxy) is 1. The van der Waals surface area contributed by atoms with Gasteiger partial charge in [0, 0.05) is 24.7 Å². The summed E-state index contributed by atoms with van der Waals surface area (Å²) in [5, 5.41) is 0. The van der Waals surface area contributed by atoms with Crippen LogP contribution in [-0.2, 0) is 17.8 Å². The first kappa shape index (κ1) is 13.2. The molecule has 2 aliphatic rings. The van der Waals surface area contributed by atoms with E-state index >= 15 is 0 Å². The van der Waals surface area contributed by atoms with E-state index in [0.717, 1.165) is 36.8 Å². The topological polar surface area (TPSA) is 51.6 Å². The van der Waals surface area contributed by atoms with Crippen LogP contribution in [0.4, 0.5) is 0 Å². The minimum absolute atomic E-state index is 0.438. The molecular weight excluding hydrogens is 240 g/mol. The summed E-state index contributed by atoms with van der Waals surface area (Å²) in [4.78, 5) is 2.53. The molecule has 106 valence electrons. The van der Waals surface area contributed by atoms with E-state index in [1.807, 2.05) is 6.92 Å². The lowest BCUT2D eigenvalue weighted by atomic mass is 9.90. The van der Waals surface area contributed by atoms with Crippen molar-refractivity contribution in [1.82, 2.24) is 4.90 Å². The van der Waals surface area contributed by atoms with Gasteiger partial charge in [0.25, 0.3) is 0 Å². The van der Waals surface area contributed by atoms with E-state index in [4.69, 9.17) is 14.9 Å². The van der Waals surface area contributed by atoms with E-state index in [9.17, 15) is 0 Å². The van der Waals surface area contributed by atoms with Gasteiger partial charge in [-0.1, -0.05) is 12.8 Å². The number of hydrogen-bond acceptors (Lipinski definition) is 4. The van der Waals surface area contributed by atoms with Gasteiger partial charge in [-0.15, -0.1) is 0 Å². The highest BCUT2D eigenvalue weighted by atomic mass is 16.5. The first-order valence-electron chi connectivity index (χ1n) is 7.42. The normalized spacial score (nSPS) is 28.3. The van der Waals surface area contributed by atoms with Gasteiger partial charge in [0.1, 0.15) is 11.5 Å². The predicted octanol–water partition coefficient (Wildman–Crippen LogP) is 2.19. The van der Waals surface area contributed by atoms with Crippen LogP contribution in [0.2, 0.25) is 0 Å². The molecule has 1 aromatic rings. The van der Waals surface area contributed by atoms with Crippen LogP contribution in [-0.4, -0.2) is 30.2 Å². The molecule has 0 radical (unpaired) electrons. The molecule has 4 heteroatoms. The predicted molar refractivity (Wildman–Crippen MR) is 73.7 cm³/mol. The fourth-order valence-electron chi connectivity index (χ4n) is 3.44. The van der Waals surface area contributed by atoms with E-state index in [-0.39, 0.29) is 0 Å². The van der Waals surface area contributed by atoms with E-state index in [1.165, 1.54) is 25.7 Å². The first-order valence-corrected chi connectivity index (χ1v) is 7.42. The quantitative estimate of drug-likeness (QED) is 0.909. The molecule has 3 rings (SSSR count). The molecule has 1 aromatic heterocycles. The summed E-state index contributed by atoms with van der Waals surface area (Å²) in [6.07, 6.45) is 5.55. The van der Waals surface area contributed by atoms with Gasteiger partial charge >= 0.3 is 0 Å². The Labute approximate surface area is 114 Å². The monoisotopic (exact) mass is 264 g/mol. The lowest BCUT2D eigenvalue weighted by molar-refractivity contribution is -0.0926. The van der Waals surface area contributed by atoms with Crippen molar-refractivity contribution in [3.05, 3.63) is 23.2 Å². The largest absolute Gasteiger partial charge is 0.465 e. The number of fused-ring (bicyclic) bond motifs is 1. The Kier molecular flexibility index (Phi) is 3.91. The molecule has 0 aromatic carbocycles. The Bertz CT molecular complexity index is 428. The number of nitrogens with two attached hydrogens (primary N) is 1. The highest BCUT2D eigenvalue weighted by Gasteiger charge is 2.34. The van der Waals surface area contributed by atoms with E-state index in [2.05, 4.69) is 11.0 Å². The van der Waals surface area contributed by atoms with Crippen molar-refractivity contribution in [2.24, 2.45) is 5.73 Å². The van der Waals surface area contributed by atoms with E-state index in [0.29, 0.717) is 18.7 Å². The van der Waals surface area contributed by atoms with Gasteiger partial charge in [-0.25, -0.2) is 0 Å². The van der Waals surface area contributed by atoms with Gasteiger partial charge < -0.3 is 14.9 Å². The molecule has 2 heterocycles. The summed E-state index contributed by atoms with van der Waals surface area (Å²) < 4.78 is 11.7.